The standard InChI is InChI=1S/C27H26N2O2/c1-17-12-13-24(28-26(30)22-15-20(22)18-8-4-2-5-9-18)25(14-17)29-27(31)23-16-21(23)19-10-6-3-7-11-19/h2-14,20-23H,15-16H2,1H3,(H,28,30)(H,29,31)/t20-,21+,22-,23+/m0/s1. The van der Waals surface area contributed by atoms with Crippen LogP contribution in [0.2, 0.25) is 0 Å². The minimum absolute atomic E-state index is 0.0155. The Balaban J connectivity index is 1.25. The maximum atomic E-state index is 12.9. The van der Waals surface area contributed by atoms with Crippen molar-refractivity contribution in [3.63, 3.8) is 0 Å². The van der Waals surface area contributed by atoms with Gasteiger partial charge in [0, 0.05) is 11.8 Å². The fraction of sp³-hybridized carbons (Fsp3) is 0.259. The Bertz CT molecular complexity index is 1110. The van der Waals surface area contributed by atoms with E-state index in [0.717, 1.165) is 18.4 Å². The largest absolute Gasteiger partial charge is 0.324 e. The number of amides is 2. The first-order valence-corrected chi connectivity index (χ1v) is 10.9. The number of rotatable bonds is 6. The highest BCUT2D eigenvalue weighted by atomic mass is 16.2. The lowest BCUT2D eigenvalue weighted by atomic mass is 10.1. The molecule has 2 aliphatic carbocycles. The Hall–Kier alpha value is -3.40. The highest BCUT2D eigenvalue weighted by Gasteiger charge is 2.45. The van der Waals surface area contributed by atoms with Gasteiger partial charge >= 0.3 is 0 Å². The lowest BCUT2D eigenvalue weighted by Gasteiger charge is -2.14. The van der Waals surface area contributed by atoms with Crippen LogP contribution in [0.25, 0.3) is 0 Å². The van der Waals surface area contributed by atoms with E-state index in [2.05, 4.69) is 34.9 Å². The number of aryl methyl sites for hydroxylation is 1. The van der Waals surface area contributed by atoms with Gasteiger partial charge < -0.3 is 10.6 Å². The van der Waals surface area contributed by atoms with Gasteiger partial charge in [-0.25, -0.2) is 0 Å². The van der Waals surface area contributed by atoms with E-state index in [1.54, 1.807) is 0 Å². The molecule has 0 aromatic heterocycles. The molecule has 2 amide bonds. The van der Waals surface area contributed by atoms with E-state index < -0.39 is 0 Å². The van der Waals surface area contributed by atoms with E-state index in [9.17, 15) is 9.59 Å². The molecule has 0 radical (unpaired) electrons. The average Bonchev–Trinajstić information content (AvgIpc) is 3.70. The third-order valence-electron chi connectivity index (χ3n) is 6.40. The van der Waals surface area contributed by atoms with Crippen molar-refractivity contribution in [2.75, 3.05) is 10.6 Å². The van der Waals surface area contributed by atoms with Crippen molar-refractivity contribution in [2.45, 2.75) is 31.6 Å². The molecule has 0 spiro atoms. The Morgan fingerprint density at radius 3 is 1.68 bits per heavy atom. The predicted octanol–water partition coefficient (Wildman–Crippen LogP) is 5.48. The van der Waals surface area contributed by atoms with Crippen LogP contribution >= 0.6 is 0 Å². The molecule has 0 saturated heterocycles. The maximum absolute atomic E-state index is 12.9. The highest BCUT2D eigenvalue weighted by molar-refractivity contribution is 6.02. The van der Waals surface area contributed by atoms with Crippen molar-refractivity contribution in [1.29, 1.82) is 0 Å². The van der Waals surface area contributed by atoms with Crippen LogP contribution in [0.1, 0.15) is 41.4 Å². The molecule has 2 fully saturated rings. The molecule has 4 atom stereocenters. The van der Waals surface area contributed by atoms with Gasteiger partial charge in [0.1, 0.15) is 0 Å². The van der Waals surface area contributed by atoms with Crippen molar-refractivity contribution < 1.29 is 9.59 Å². The van der Waals surface area contributed by atoms with E-state index >= 15 is 0 Å². The number of anilines is 2. The molecule has 0 bridgehead atoms. The fourth-order valence-corrected chi connectivity index (χ4v) is 4.43. The Morgan fingerprint density at radius 1 is 0.677 bits per heavy atom. The summed E-state index contributed by atoms with van der Waals surface area (Å²) in [5.41, 5.74) is 4.80. The summed E-state index contributed by atoms with van der Waals surface area (Å²) in [6.07, 6.45) is 1.73. The lowest BCUT2D eigenvalue weighted by Crippen LogP contribution is -2.19. The second kappa shape index (κ2) is 8.03. The molecular formula is C27H26N2O2. The normalized spacial score (nSPS) is 23.6. The molecule has 2 aliphatic rings. The molecule has 2 N–H and O–H groups in total. The van der Waals surface area contributed by atoms with Crippen LogP contribution < -0.4 is 10.6 Å². The van der Waals surface area contributed by atoms with Crippen LogP contribution in [0.3, 0.4) is 0 Å². The summed E-state index contributed by atoms with van der Waals surface area (Å²) in [6, 6.07) is 26.1. The van der Waals surface area contributed by atoms with E-state index in [1.807, 2.05) is 61.5 Å². The second-order valence-corrected chi connectivity index (χ2v) is 8.75. The van der Waals surface area contributed by atoms with Crippen molar-refractivity contribution in [1.82, 2.24) is 0 Å². The predicted molar refractivity (Wildman–Crippen MR) is 123 cm³/mol. The number of carbonyl (C=O) groups excluding carboxylic acids is 2. The zero-order valence-corrected chi connectivity index (χ0v) is 17.5. The number of benzene rings is 3. The lowest BCUT2D eigenvalue weighted by molar-refractivity contribution is -0.118. The van der Waals surface area contributed by atoms with Gasteiger partial charge in [-0.3, -0.25) is 9.59 Å². The fourth-order valence-electron chi connectivity index (χ4n) is 4.43. The summed E-state index contributed by atoms with van der Waals surface area (Å²) < 4.78 is 0. The smallest absolute Gasteiger partial charge is 0.228 e. The van der Waals surface area contributed by atoms with Crippen molar-refractivity contribution in [2.24, 2.45) is 11.8 Å². The second-order valence-electron chi connectivity index (χ2n) is 8.75. The van der Waals surface area contributed by atoms with Crippen LogP contribution in [-0.4, -0.2) is 11.8 Å². The third-order valence-corrected chi connectivity index (χ3v) is 6.40. The first-order valence-electron chi connectivity index (χ1n) is 10.9. The average molecular weight is 411 g/mol. The molecule has 0 aliphatic heterocycles. The van der Waals surface area contributed by atoms with Gasteiger partial charge in [-0.1, -0.05) is 66.7 Å². The first-order chi connectivity index (χ1) is 15.1. The minimum Gasteiger partial charge on any atom is -0.324 e. The van der Waals surface area contributed by atoms with Gasteiger partial charge in [0.25, 0.3) is 0 Å². The summed E-state index contributed by atoms with van der Waals surface area (Å²) in [6.45, 7) is 1.98. The molecule has 156 valence electrons. The topological polar surface area (TPSA) is 58.2 Å². The third kappa shape index (κ3) is 4.24. The Labute approximate surface area is 182 Å². The Morgan fingerprint density at radius 2 is 1.16 bits per heavy atom. The van der Waals surface area contributed by atoms with Gasteiger partial charge in [-0.2, -0.15) is 0 Å². The molecule has 0 heterocycles. The van der Waals surface area contributed by atoms with E-state index in [4.69, 9.17) is 0 Å². The quantitative estimate of drug-likeness (QED) is 0.565. The molecule has 3 aromatic rings. The van der Waals surface area contributed by atoms with Crippen LogP contribution in [0, 0.1) is 18.8 Å². The molecule has 4 heteroatoms. The van der Waals surface area contributed by atoms with Crippen molar-refractivity contribution in [3.8, 4) is 0 Å². The van der Waals surface area contributed by atoms with Crippen molar-refractivity contribution >= 4 is 23.2 Å². The maximum Gasteiger partial charge on any atom is 0.228 e. The summed E-state index contributed by atoms with van der Waals surface area (Å²) in [4.78, 5) is 25.7. The highest BCUT2D eigenvalue weighted by Crippen LogP contribution is 2.49. The van der Waals surface area contributed by atoms with Crippen LogP contribution in [0.4, 0.5) is 11.4 Å². The van der Waals surface area contributed by atoms with Gasteiger partial charge in [-0.15, -0.1) is 0 Å². The van der Waals surface area contributed by atoms with Gasteiger partial charge in [-0.05, 0) is 60.4 Å². The summed E-state index contributed by atoms with van der Waals surface area (Å²) in [5.74, 6) is 0.561. The number of nitrogens with one attached hydrogen (secondary N) is 2. The molecule has 3 aromatic carbocycles. The van der Waals surface area contributed by atoms with Gasteiger partial charge in [0.2, 0.25) is 11.8 Å². The minimum atomic E-state index is -0.0163. The van der Waals surface area contributed by atoms with Crippen LogP contribution in [0.5, 0.6) is 0 Å². The first kappa shape index (κ1) is 19.6. The zero-order valence-electron chi connectivity index (χ0n) is 17.5. The summed E-state index contributed by atoms with van der Waals surface area (Å²) in [5, 5.41) is 6.12. The van der Waals surface area contributed by atoms with E-state index in [-0.39, 0.29) is 35.5 Å². The van der Waals surface area contributed by atoms with Gasteiger partial charge in [0.15, 0.2) is 0 Å². The van der Waals surface area contributed by atoms with Crippen LogP contribution in [0.15, 0.2) is 78.9 Å². The molecule has 2 saturated carbocycles. The monoisotopic (exact) mass is 410 g/mol. The van der Waals surface area contributed by atoms with Gasteiger partial charge in [0.05, 0.1) is 11.4 Å². The zero-order chi connectivity index (χ0) is 21.4. The molecular weight excluding hydrogens is 384 g/mol. The van der Waals surface area contributed by atoms with Crippen LogP contribution in [-0.2, 0) is 9.59 Å². The van der Waals surface area contributed by atoms with E-state index in [1.165, 1.54) is 11.1 Å². The molecule has 31 heavy (non-hydrogen) atoms. The molecule has 0 unspecified atom stereocenters. The Kier molecular flexibility index (Phi) is 5.06. The summed E-state index contributed by atoms with van der Waals surface area (Å²) >= 11 is 0. The van der Waals surface area contributed by atoms with E-state index in [0.29, 0.717) is 11.4 Å². The van der Waals surface area contributed by atoms with Crippen molar-refractivity contribution in [3.05, 3.63) is 95.6 Å². The number of hydrogen-bond donors (Lipinski definition) is 2. The number of hydrogen-bond acceptors (Lipinski definition) is 2. The molecule has 4 nitrogen and oxygen atoms in total. The summed E-state index contributed by atoms with van der Waals surface area (Å²) in [7, 11) is 0. The molecule has 5 rings (SSSR count). The number of carbonyl (C=O) groups is 2. The SMILES string of the molecule is Cc1ccc(NC(=O)[C@H]2C[C@H]2c2ccccc2)c(NC(=O)[C@@H]2C[C@@H]2c2ccccc2)c1.